The molecule has 1 aromatic carbocycles. The molecule has 116 valence electrons. The fraction of sp³-hybridized carbons (Fsp3) is 0.533. The molecule has 0 saturated carbocycles. The zero-order valence-corrected chi connectivity index (χ0v) is 12.9. The molecule has 21 heavy (non-hydrogen) atoms. The Morgan fingerprint density at radius 2 is 2.19 bits per heavy atom. The van der Waals surface area contributed by atoms with E-state index in [2.05, 4.69) is 10.6 Å². The summed E-state index contributed by atoms with van der Waals surface area (Å²) in [5.41, 5.74) is 0.641. The lowest BCUT2D eigenvalue weighted by Gasteiger charge is -2.22. The lowest BCUT2D eigenvalue weighted by Crippen LogP contribution is -2.34. The molecule has 5 nitrogen and oxygen atoms in total. The molecule has 0 unspecified atom stereocenters. The SMILES string of the molecule is CCOc1ccc(NC(=O)COC2CCNCC2)cc1Cl. The van der Waals surface area contributed by atoms with Crippen molar-refractivity contribution in [2.24, 2.45) is 0 Å². The molecule has 1 heterocycles. The molecule has 0 spiro atoms. The number of anilines is 1. The van der Waals surface area contributed by atoms with E-state index in [0.717, 1.165) is 25.9 Å². The van der Waals surface area contributed by atoms with Crippen LogP contribution in [0.3, 0.4) is 0 Å². The maximum Gasteiger partial charge on any atom is 0.250 e. The van der Waals surface area contributed by atoms with Crippen molar-refractivity contribution < 1.29 is 14.3 Å². The Morgan fingerprint density at radius 1 is 1.43 bits per heavy atom. The summed E-state index contributed by atoms with van der Waals surface area (Å²) >= 11 is 6.08. The molecule has 1 aliphatic rings. The number of nitrogens with one attached hydrogen (secondary N) is 2. The lowest BCUT2D eigenvalue weighted by atomic mass is 10.1. The van der Waals surface area contributed by atoms with Gasteiger partial charge in [-0.05, 0) is 51.1 Å². The van der Waals surface area contributed by atoms with Gasteiger partial charge in [-0.3, -0.25) is 4.79 Å². The van der Waals surface area contributed by atoms with Crippen LogP contribution in [-0.2, 0) is 9.53 Å². The van der Waals surface area contributed by atoms with Crippen molar-refractivity contribution >= 4 is 23.2 Å². The van der Waals surface area contributed by atoms with E-state index >= 15 is 0 Å². The highest BCUT2D eigenvalue weighted by molar-refractivity contribution is 6.32. The van der Waals surface area contributed by atoms with Crippen LogP contribution in [0.15, 0.2) is 18.2 Å². The topological polar surface area (TPSA) is 59.6 Å². The van der Waals surface area contributed by atoms with Crippen LogP contribution in [0.5, 0.6) is 5.75 Å². The minimum absolute atomic E-state index is 0.0650. The summed E-state index contributed by atoms with van der Waals surface area (Å²) in [5, 5.41) is 6.51. The molecule has 0 atom stereocenters. The van der Waals surface area contributed by atoms with Crippen molar-refractivity contribution in [1.29, 1.82) is 0 Å². The van der Waals surface area contributed by atoms with Gasteiger partial charge in [0.1, 0.15) is 12.4 Å². The molecule has 0 bridgehead atoms. The smallest absolute Gasteiger partial charge is 0.250 e. The number of hydrogen-bond acceptors (Lipinski definition) is 4. The van der Waals surface area contributed by atoms with Gasteiger partial charge in [0.25, 0.3) is 0 Å². The Labute approximate surface area is 130 Å². The van der Waals surface area contributed by atoms with Crippen molar-refractivity contribution in [3.05, 3.63) is 23.2 Å². The molecule has 0 aromatic heterocycles. The summed E-state index contributed by atoms with van der Waals surface area (Å²) in [6, 6.07) is 5.18. The van der Waals surface area contributed by atoms with Gasteiger partial charge in [0.05, 0.1) is 17.7 Å². The molecule has 0 radical (unpaired) electrons. The quantitative estimate of drug-likeness (QED) is 0.847. The normalized spacial score (nSPS) is 15.7. The fourth-order valence-electron chi connectivity index (χ4n) is 2.20. The number of halogens is 1. The van der Waals surface area contributed by atoms with Gasteiger partial charge < -0.3 is 20.1 Å². The molecule has 2 N–H and O–H groups in total. The van der Waals surface area contributed by atoms with Gasteiger partial charge in [0.15, 0.2) is 0 Å². The largest absolute Gasteiger partial charge is 0.492 e. The van der Waals surface area contributed by atoms with Crippen LogP contribution in [-0.4, -0.2) is 38.3 Å². The second kappa shape index (κ2) is 8.22. The molecular weight excluding hydrogens is 292 g/mol. The van der Waals surface area contributed by atoms with Gasteiger partial charge in [-0.2, -0.15) is 0 Å². The first kappa shape index (κ1) is 16.1. The third-order valence-corrected chi connectivity index (χ3v) is 3.55. The van der Waals surface area contributed by atoms with Crippen LogP contribution in [0.4, 0.5) is 5.69 Å². The molecule has 1 saturated heterocycles. The van der Waals surface area contributed by atoms with Gasteiger partial charge >= 0.3 is 0 Å². The third-order valence-electron chi connectivity index (χ3n) is 3.25. The van der Waals surface area contributed by atoms with Gasteiger partial charge in [0.2, 0.25) is 5.91 Å². The lowest BCUT2D eigenvalue weighted by molar-refractivity contribution is -0.123. The highest BCUT2D eigenvalue weighted by Crippen LogP contribution is 2.27. The number of hydrogen-bond donors (Lipinski definition) is 2. The van der Waals surface area contributed by atoms with Gasteiger partial charge in [-0.1, -0.05) is 11.6 Å². The molecule has 1 fully saturated rings. The first-order valence-corrected chi connectivity index (χ1v) is 7.61. The van der Waals surface area contributed by atoms with E-state index in [9.17, 15) is 4.79 Å². The minimum atomic E-state index is -0.172. The Morgan fingerprint density at radius 3 is 2.86 bits per heavy atom. The average Bonchev–Trinajstić information content (AvgIpc) is 2.49. The molecule has 2 rings (SSSR count). The molecule has 1 aliphatic heterocycles. The second-order valence-electron chi connectivity index (χ2n) is 4.89. The average molecular weight is 313 g/mol. The van der Waals surface area contributed by atoms with Crippen LogP contribution in [0.1, 0.15) is 19.8 Å². The number of carbonyl (C=O) groups excluding carboxylic acids is 1. The second-order valence-corrected chi connectivity index (χ2v) is 5.29. The summed E-state index contributed by atoms with van der Waals surface area (Å²) in [4.78, 5) is 11.9. The molecule has 1 aromatic rings. The summed E-state index contributed by atoms with van der Waals surface area (Å²) < 4.78 is 10.9. The first-order valence-electron chi connectivity index (χ1n) is 7.23. The summed E-state index contributed by atoms with van der Waals surface area (Å²) in [5.74, 6) is 0.442. The Hall–Kier alpha value is -1.30. The zero-order valence-electron chi connectivity index (χ0n) is 12.2. The monoisotopic (exact) mass is 312 g/mol. The molecule has 1 amide bonds. The van der Waals surface area contributed by atoms with Crippen LogP contribution in [0.25, 0.3) is 0 Å². The van der Waals surface area contributed by atoms with E-state index in [0.29, 0.717) is 23.1 Å². The number of benzene rings is 1. The number of carbonyl (C=O) groups is 1. The Kier molecular flexibility index (Phi) is 6.29. The van der Waals surface area contributed by atoms with Crippen molar-refractivity contribution in [3.63, 3.8) is 0 Å². The van der Waals surface area contributed by atoms with Crippen LogP contribution < -0.4 is 15.4 Å². The highest BCUT2D eigenvalue weighted by Gasteiger charge is 2.15. The summed E-state index contributed by atoms with van der Waals surface area (Å²) in [6.45, 7) is 4.40. The van der Waals surface area contributed by atoms with Gasteiger partial charge in [-0.25, -0.2) is 0 Å². The van der Waals surface area contributed by atoms with E-state index in [1.54, 1.807) is 18.2 Å². The Balaban J connectivity index is 1.80. The van der Waals surface area contributed by atoms with Crippen LogP contribution >= 0.6 is 11.6 Å². The predicted molar refractivity (Wildman–Crippen MR) is 83.1 cm³/mol. The summed E-state index contributed by atoms with van der Waals surface area (Å²) in [7, 11) is 0. The van der Waals surface area contributed by atoms with Crippen molar-refractivity contribution in [1.82, 2.24) is 5.32 Å². The first-order chi connectivity index (χ1) is 10.2. The van der Waals surface area contributed by atoms with Crippen LogP contribution in [0.2, 0.25) is 5.02 Å². The maximum absolute atomic E-state index is 11.9. The van der Waals surface area contributed by atoms with E-state index in [-0.39, 0.29) is 18.6 Å². The minimum Gasteiger partial charge on any atom is -0.492 e. The standard InChI is InChI=1S/C15H21ClN2O3/c1-2-20-14-4-3-11(9-13(14)16)18-15(19)10-21-12-5-7-17-8-6-12/h3-4,9,12,17H,2,5-8,10H2,1H3,(H,18,19). The number of ether oxygens (including phenoxy) is 2. The third kappa shape index (κ3) is 5.19. The van der Waals surface area contributed by atoms with E-state index < -0.39 is 0 Å². The highest BCUT2D eigenvalue weighted by atomic mass is 35.5. The fourth-order valence-corrected chi connectivity index (χ4v) is 2.44. The predicted octanol–water partition coefficient (Wildman–Crippen LogP) is 2.45. The van der Waals surface area contributed by atoms with Crippen molar-refractivity contribution in [2.75, 3.05) is 31.6 Å². The zero-order chi connectivity index (χ0) is 15.1. The Bertz CT molecular complexity index is 476. The molecule has 0 aliphatic carbocycles. The van der Waals surface area contributed by atoms with Gasteiger partial charge in [0, 0.05) is 5.69 Å². The number of piperidine rings is 1. The van der Waals surface area contributed by atoms with Crippen molar-refractivity contribution in [2.45, 2.75) is 25.9 Å². The van der Waals surface area contributed by atoms with E-state index in [4.69, 9.17) is 21.1 Å². The maximum atomic E-state index is 11.9. The van der Waals surface area contributed by atoms with E-state index in [1.807, 2.05) is 6.92 Å². The van der Waals surface area contributed by atoms with Crippen LogP contribution in [0, 0.1) is 0 Å². The molecular formula is C15H21ClN2O3. The van der Waals surface area contributed by atoms with Crippen molar-refractivity contribution in [3.8, 4) is 5.75 Å². The summed E-state index contributed by atoms with van der Waals surface area (Å²) in [6.07, 6.45) is 2.06. The number of amides is 1. The molecule has 6 heteroatoms. The van der Waals surface area contributed by atoms with Gasteiger partial charge in [-0.15, -0.1) is 0 Å². The van der Waals surface area contributed by atoms with E-state index in [1.165, 1.54) is 0 Å². The number of rotatable bonds is 6.